The van der Waals surface area contributed by atoms with Crippen molar-refractivity contribution in [1.82, 2.24) is 9.78 Å². The molecule has 0 unspecified atom stereocenters. The van der Waals surface area contributed by atoms with Crippen LogP contribution in [0.5, 0.6) is 0 Å². The molecule has 0 atom stereocenters. The molecule has 0 bridgehead atoms. The largest absolute Gasteiger partial charge is 0.475 e. The van der Waals surface area contributed by atoms with E-state index in [0.29, 0.717) is 15.9 Å². The normalized spacial score (nSPS) is 11.8. The van der Waals surface area contributed by atoms with Gasteiger partial charge in [0.25, 0.3) is 0 Å². The van der Waals surface area contributed by atoms with Crippen molar-refractivity contribution in [3.05, 3.63) is 33.8 Å². The number of hydrogen-bond acceptors (Lipinski definition) is 5. The molecule has 0 spiro atoms. The van der Waals surface area contributed by atoms with Crippen LogP contribution in [-0.4, -0.2) is 29.3 Å². The number of halogens is 1. The summed E-state index contributed by atoms with van der Waals surface area (Å²) in [5.74, 6) is -2.06. The fourth-order valence-electron chi connectivity index (χ4n) is 1.69. The van der Waals surface area contributed by atoms with Crippen molar-refractivity contribution >= 4 is 31.7 Å². The molecule has 2 heterocycles. The van der Waals surface area contributed by atoms with Crippen LogP contribution in [0, 0.1) is 6.92 Å². The van der Waals surface area contributed by atoms with Gasteiger partial charge in [0, 0.05) is 7.05 Å². The summed E-state index contributed by atoms with van der Waals surface area (Å²) in [7, 11) is -2.15. The smallest absolute Gasteiger partial charge is 0.371 e. The van der Waals surface area contributed by atoms with E-state index >= 15 is 0 Å². The summed E-state index contributed by atoms with van der Waals surface area (Å²) >= 11 is 3.28. The number of carboxylic acids is 1. The molecule has 9 heteroatoms. The molecule has 0 fully saturated rings. The Kier molecular flexibility index (Phi) is 3.74. The molecule has 7 nitrogen and oxygen atoms in total. The molecule has 2 rings (SSSR count). The Hall–Kier alpha value is -1.61. The van der Waals surface area contributed by atoms with Gasteiger partial charge in [0.1, 0.15) is 5.75 Å². The zero-order valence-electron chi connectivity index (χ0n) is 10.6. The van der Waals surface area contributed by atoms with Crippen molar-refractivity contribution in [2.24, 2.45) is 7.05 Å². The van der Waals surface area contributed by atoms with Gasteiger partial charge in [-0.2, -0.15) is 5.10 Å². The van der Waals surface area contributed by atoms with Crippen LogP contribution in [0.4, 0.5) is 0 Å². The van der Waals surface area contributed by atoms with Crippen LogP contribution in [0.2, 0.25) is 0 Å². The van der Waals surface area contributed by atoms with Crippen molar-refractivity contribution in [3.8, 4) is 0 Å². The van der Waals surface area contributed by atoms with Crippen molar-refractivity contribution in [2.45, 2.75) is 17.8 Å². The Morgan fingerprint density at radius 1 is 1.50 bits per heavy atom. The van der Waals surface area contributed by atoms with E-state index in [1.807, 2.05) is 0 Å². The number of aromatic carboxylic acids is 1. The SMILES string of the molecule is Cc1nn(C)c(CS(=O)(=O)c2ccc(C(=O)O)o2)c1Br. The summed E-state index contributed by atoms with van der Waals surface area (Å²) in [6.45, 7) is 1.75. The van der Waals surface area contributed by atoms with Crippen LogP contribution in [0.3, 0.4) is 0 Å². The molecule has 2 aromatic heterocycles. The van der Waals surface area contributed by atoms with Gasteiger partial charge < -0.3 is 9.52 Å². The van der Waals surface area contributed by atoms with Crippen LogP contribution in [0.1, 0.15) is 21.9 Å². The zero-order chi connectivity index (χ0) is 15.1. The molecule has 108 valence electrons. The quantitative estimate of drug-likeness (QED) is 0.888. The average Bonchev–Trinajstić information content (AvgIpc) is 2.92. The summed E-state index contributed by atoms with van der Waals surface area (Å²) in [4.78, 5) is 10.7. The predicted molar refractivity (Wildman–Crippen MR) is 72.2 cm³/mol. The van der Waals surface area contributed by atoms with E-state index in [1.54, 1.807) is 14.0 Å². The van der Waals surface area contributed by atoms with Gasteiger partial charge in [-0.05, 0) is 35.0 Å². The van der Waals surface area contributed by atoms with E-state index in [1.165, 1.54) is 4.68 Å². The maximum absolute atomic E-state index is 12.2. The van der Waals surface area contributed by atoms with E-state index in [2.05, 4.69) is 21.0 Å². The lowest BCUT2D eigenvalue weighted by Gasteiger charge is -2.03. The minimum absolute atomic E-state index is 0.336. The number of sulfone groups is 1. The summed E-state index contributed by atoms with van der Waals surface area (Å²) in [6.07, 6.45) is 0. The molecule has 0 saturated heterocycles. The molecule has 0 saturated carbocycles. The molecule has 0 amide bonds. The molecule has 0 aromatic carbocycles. The number of carboxylic acid groups (broad SMARTS) is 1. The summed E-state index contributed by atoms with van der Waals surface area (Å²) in [5, 5.41) is 12.5. The standard InChI is InChI=1S/C11H11BrN2O5S/c1-6-10(12)7(14(2)13-6)5-20(17,18)9-4-3-8(19-9)11(15)16/h3-4H,5H2,1-2H3,(H,15,16). The van der Waals surface area contributed by atoms with Crippen LogP contribution < -0.4 is 0 Å². The monoisotopic (exact) mass is 362 g/mol. The Balaban J connectivity index is 2.38. The van der Waals surface area contributed by atoms with Crippen LogP contribution >= 0.6 is 15.9 Å². The van der Waals surface area contributed by atoms with Crippen molar-refractivity contribution in [2.75, 3.05) is 0 Å². The van der Waals surface area contributed by atoms with Gasteiger partial charge in [-0.25, -0.2) is 13.2 Å². The fourth-order valence-corrected chi connectivity index (χ4v) is 3.68. The third kappa shape index (κ3) is 2.63. The molecular weight excluding hydrogens is 352 g/mol. The molecule has 0 aliphatic heterocycles. The highest BCUT2D eigenvalue weighted by Gasteiger charge is 2.25. The van der Waals surface area contributed by atoms with Crippen LogP contribution in [0.25, 0.3) is 0 Å². The zero-order valence-corrected chi connectivity index (χ0v) is 13.0. The molecule has 0 radical (unpaired) electrons. The third-order valence-corrected chi connectivity index (χ3v) is 5.20. The molecule has 2 aromatic rings. The Bertz CT molecular complexity index is 775. The summed E-state index contributed by atoms with van der Waals surface area (Å²) in [5.41, 5.74) is 1.14. The highest BCUT2D eigenvalue weighted by molar-refractivity contribution is 9.10. The lowest BCUT2D eigenvalue weighted by atomic mass is 10.4. The van der Waals surface area contributed by atoms with Gasteiger partial charge in [-0.15, -0.1) is 0 Å². The van der Waals surface area contributed by atoms with E-state index in [0.717, 1.165) is 12.1 Å². The molecule has 0 aliphatic rings. The first-order chi connectivity index (χ1) is 9.22. The number of aromatic nitrogens is 2. The van der Waals surface area contributed by atoms with Crippen LogP contribution in [-0.2, 0) is 22.6 Å². The fraction of sp³-hybridized carbons (Fsp3) is 0.273. The Labute approximate surface area is 123 Å². The van der Waals surface area contributed by atoms with Gasteiger partial charge in [0.15, 0.2) is 0 Å². The molecular formula is C11H11BrN2O5S. The maximum atomic E-state index is 12.2. The predicted octanol–water partition coefficient (Wildman–Crippen LogP) is 1.76. The van der Waals surface area contributed by atoms with Crippen molar-refractivity contribution in [3.63, 3.8) is 0 Å². The average molecular weight is 363 g/mol. The van der Waals surface area contributed by atoms with E-state index < -0.39 is 21.6 Å². The molecule has 1 N–H and O–H groups in total. The number of nitrogens with zero attached hydrogens (tertiary/aromatic N) is 2. The van der Waals surface area contributed by atoms with Crippen molar-refractivity contribution < 1.29 is 22.7 Å². The molecule has 20 heavy (non-hydrogen) atoms. The van der Waals surface area contributed by atoms with Crippen LogP contribution in [0.15, 0.2) is 26.1 Å². The first-order valence-corrected chi connectivity index (χ1v) is 7.91. The number of aryl methyl sites for hydroxylation is 2. The number of hydrogen-bond donors (Lipinski definition) is 1. The maximum Gasteiger partial charge on any atom is 0.371 e. The molecule has 0 aliphatic carbocycles. The third-order valence-electron chi connectivity index (χ3n) is 2.69. The van der Waals surface area contributed by atoms with Gasteiger partial charge in [-0.1, -0.05) is 0 Å². The highest BCUT2D eigenvalue weighted by atomic mass is 79.9. The van der Waals surface area contributed by atoms with E-state index in [9.17, 15) is 13.2 Å². The second-order valence-electron chi connectivity index (χ2n) is 4.15. The second kappa shape index (κ2) is 5.06. The number of carbonyl (C=O) groups is 1. The van der Waals surface area contributed by atoms with Gasteiger partial charge >= 0.3 is 5.97 Å². The topological polar surface area (TPSA) is 102 Å². The van der Waals surface area contributed by atoms with Gasteiger partial charge in [0.05, 0.1) is 15.9 Å². The second-order valence-corrected chi connectivity index (χ2v) is 6.87. The Morgan fingerprint density at radius 2 is 2.15 bits per heavy atom. The van der Waals surface area contributed by atoms with Gasteiger partial charge in [-0.3, -0.25) is 4.68 Å². The van der Waals surface area contributed by atoms with Crippen molar-refractivity contribution in [1.29, 1.82) is 0 Å². The van der Waals surface area contributed by atoms with E-state index in [-0.39, 0.29) is 10.8 Å². The Morgan fingerprint density at radius 3 is 2.60 bits per heavy atom. The minimum atomic E-state index is -3.78. The first-order valence-electron chi connectivity index (χ1n) is 5.46. The lowest BCUT2D eigenvalue weighted by molar-refractivity contribution is 0.0656. The number of furan rings is 1. The lowest BCUT2D eigenvalue weighted by Crippen LogP contribution is -2.08. The highest BCUT2D eigenvalue weighted by Crippen LogP contribution is 2.25. The number of rotatable bonds is 4. The summed E-state index contributed by atoms with van der Waals surface area (Å²) in [6, 6.07) is 2.24. The summed E-state index contributed by atoms with van der Waals surface area (Å²) < 4.78 is 31.3. The van der Waals surface area contributed by atoms with E-state index in [4.69, 9.17) is 9.52 Å². The minimum Gasteiger partial charge on any atom is -0.475 e. The first kappa shape index (κ1) is 14.8. The van der Waals surface area contributed by atoms with Gasteiger partial charge in [0.2, 0.25) is 20.7 Å².